The number of ether oxygens (including phenoxy) is 1. The first-order valence-corrected chi connectivity index (χ1v) is 10.2. The molecule has 138 valence electrons. The maximum absolute atomic E-state index is 5.33. The summed E-state index contributed by atoms with van der Waals surface area (Å²) in [4.78, 5) is 15.6. The summed E-state index contributed by atoms with van der Waals surface area (Å²) in [5.74, 6) is 2.50. The van der Waals surface area contributed by atoms with Gasteiger partial charge in [0.25, 0.3) is 0 Å². The second-order valence-electron chi connectivity index (χ2n) is 7.23. The quantitative estimate of drug-likeness (QED) is 0.552. The number of hydrogen-bond acceptors (Lipinski definition) is 5. The smallest absolute Gasteiger partial charge is 0.186 e. The van der Waals surface area contributed by atoms with Crippen molar-refractivity contribution in [3.63, 3.8) is 0 Å². The summed E-state index contributed by atoms with van der Waals surface area (Å²) in [6.07, 6.45) is 2.19. The van der Waals surface area contributed by atoms with Crippen molar-refractivity contribution in [2.75, 3.05) is 25.1 Å². The van der Waals surface area contributed by atoms with E-state index in [2.05, 4.69) is 41.1 Å². The normalized spacial score (nSPS) is 15.7. The van der Waals surface area contributed by atoms with Gasteiger partial charge in [0.05, 0.1) is 28.4 Å². The fourth-order valence-corrected chi connectivity index (χ4v) is 4.88. The number of imidazole rings is 1. The zero-order valence-electron chi connectivity index (χ0n) is 15.5. The first-order chi connectivity index (χ1) is 13.2. The summed E-state index contributed by atoms with van der Waals surface area (Å²) in [6, 6.07) is 12.5. The van der Waals surface area contributed by atoms with Crippen molar-refractivity contribution in [2.45, 2.75) is 25.7 Å². The van der Waals surface area contributed by atoms with Gasteiger partial charge < -0.3 is 14.6 Å². The lowest BCUT2D eigenvalue weighted by atomic mass is 9.96. The number of aromatic amines is 1. The van der Waals surface area contributed by atoms with Gasteiger partial charge in [0, 0.05) is 19.0 Å². The second-order valence-corrected chi connectivity index (χ2v) is 8.24. The van der Waals surface area contributed by atoms with E-state index in [0.29, 0.717) is 5.92 Å². The molecular formula is C21H22N4OS. The summed E-state index contributed by atoms with van der Waals surface area (Å²) >= 11 is 1.75. The molecule has 0 radical (unpaired) electrons. The van der Waals surface area contributed by atoms with Crippen LogP contribution in [-0.2, 0) is 0 Å². The molecule has 27 heavy (non-hydrogen) atoms. The van der Waals surface area contributed by atoms with Crippen LogP contribution in [0.1, 0.15) is 30.1 Å². The third-order valence-corrected chi connectivity index (χ3v) is 6.47. The number of hydrogen-bond donors (Lipinski definition) is 1. The molecule has 0 spiro atoms. The zero-order valence-corrected chi connectivity index (χ0v) is 16.3. The van der Waals surface area contributed by atoms with Crippen LogP contribution in [0.15, 0.2) is 36.4 Å². The van der Waals surface area contributed by atoms with Crippen molar-refractivity contribution in [2.24, 2.45) is 0 Å². The van der Waals surface area contributed by atoms with E-state index in [0.717, 1.165) is 59.2 Å². The number of rotatable bonds is 3. The predicted octanol–water partition coefficient (Wildman–Crippen LogP) is 4.87. The Bertz CT molecular complexity index is 1110. The molecule has 0 bridgehead atoms. The number of aromatic nitrogens is 3. The van der Waals surface area contributed by atoms with Crippen LogP contribution in [0.25, 0.3) is 21.3 Å². The number of H-pyrrole nitrogens is 1. The largest absolute Gasteiger partial charge is 0.497 e. The summed E-state index contributed by atoms with van der Waals surface area (Å²) in [5, 5.41) is 1.11. The van der Waals surface area contributed by atoms with Crippen LogP contribution in [0.2, 0.25) is 0 Å². The van der Waals surface area contributed by atoms with Crippen LogP contribution in [0, 0.1) is 6.92 Å². The summed E-state index contributed by atoms with van der Waals surface area (Å²) in [7, 11) is 1.70. The lowest BCUT2D eigenvalue weighted by molar-refractivity contribution is 0.415. The lowest BCUT2D eigenvalue weighted by Crippen LogP contribution is -2.33. The van der Waals surface area contributed by atoms with Gasteiger partial charge >= 0.3 is 0 Å². The number of nitrogens with zero attached hydrogens (tertiary/aromatic N) is 3. The van der Waals surface area contributed by atoms with Gasteiger partial charge in [-0.15, -0.1) is 0 Å². The Kier molecular flexibility index (Phi) is 4.01. The van der Waals surface area contributed by atoms with Gasteiger partial charge in [-0.05, 0) is 55.7 Å². The number of piperidine rings is 1. The van der Waals surface area contributed by atoms with E-state index < -0.39 is 0 Å². The molecule has 0 amide bonds. The van der Waals surface area contributed by atoms with Crippen LogP contribution in [0.5, 0.6) is 5.75 Å². The van der Waals surface area contributed by atoms with Crippen LogP contribution in [0.4, 0.5) is 5.13 Å². The Morgan fingerprint density at radius 1 is 1.07 bits per heavy atom. The number of aryl methyl sites for hydroxylation is 1. The SMILES string of the molecule is COc1ccc2nc(N3CCC(c4nc5ccc(C)cc5[nH]4)CC3)sc2c1. The van der Waals surface area contributed by atoms with E-state index in [1.54, 1.807) is 18.4 Å². The van der Waals surface area contributed by atoms with Gasteiger partial charge in [-0.3, -0.25) is 0 Å². The van der Waals surface area contributed by atoms with Crippen molar-refractivity contribution >= 4 is 37.7 Å². The molecule has 2 aromatic heterocycles. The summed E-state index contributed by atoms with van der Waals surface area (Å²) in [6.45, 7) is 4.14. The topological polar surface area (TPSA) is 54.0 Å². The minimum Gasteiger partial charge on any atom is -0.497 e. The Morgan fingerprint density at radius 2 is 1.89 bits per heavy atom. The van der Waals surface area contributed by atoms with Gasteiger partial charge in [0.1, 0.15) is 11.6 Å². The van der Waals surface area contributed by atoms with Crippen molar-refractivity contribution in [1.29, 1.82) is 0 Å². The maximum atomic E-state index is 5.33. The minimum atomic E-state index is 0.489. The van der Waals surface area contributed by atoms with E-state index in [9.17, 15) is 0 Å². The number of methoxy groups -OCH3 is 1. The number of nitrogens with one attached hydrogen (secondary N) is 1. The molecule has 1 N–H and O–H groups in total. The Labute approximate surface area is 162 Å². The van der Waals surface area contributed by atoms with E-state index in [1.165, 1.54) is 10.3 Å². The zero-order chi connectivity index (χ0) is 18.4. The fourth-order valence-electron chi connectivity index (χ4n) is 3.84. The molecule has 0 saturated carbocycles. The lowest BCUT2D eigenvalue weighted by Gasteiger charge is -2.30. The first kappa shape index (κ1) is 16.6. The molecule has 0 aliphatic carbocycles. The monoisotopic (exact) mass is 378 g/mol. The van der Waals surface area contributed by atoms with Gasteiger partial charge in [-0.25, -0.2) is 9.97 Å². The third kappa shape index (κ3) is 3.04. The number of anilines is 1. The highest BCUT2D eigenvalue weighted by Gasteiger charge is 2.25. The van der Waals surface area contributed by atoms with Crippen LogP contribution >= 0.6 is 11.3 Å². The van der Waals surface area contributed by atoms with E-state index in [4.69, 9.17) is 14.7 Å². The van der Waals surface area contributed by atoms with E-state index in [-0.39, 0.29) is 0 Å². The van der Waals surface area contributed by atoms with E-state index >= 15 is 0 Å². The molecule has 1 aliphatic rings. The van der Waals surface area contributed by atoms with Crippen LogP contribution < -0.4 is 9.64 Å². The highest BCUT2D eigenvalue weighted by Crippen LogP contribution is 2.35. The van der Waals surface area contributed by atoms with E-state index in [1.807, 2.05) is 12.1 Å². The maximum Gasteiger partial charge on any atom is 0.186 e. The van der Waals surface area contributed by atoms with Crippen molar-refractivity contribution in [3.05, 3.63) is 47.8 Å². The molecule has 0 atom stereocenters. The Balaban J connectivity index is 1.33. The molecule has 3 heterocycles. The molecule has 0 unspecified atom stereocenters. The number of benzene rings is 2. The third-order valence-electron chi connectivity index (χ3n) is 5.39. The van der Waals surface area contributed by atoms with Crippen molar-refractivity contribution < 1.29 is 4.74 Å². The standard InChI is InChI=1S/C21H22N4OS/c1-13-3-5-16-18(11-13)23-20(22-16)14-7-9-25(10-8-14)21-24-17-6-4-15(26-2)12-19(17)27-21/h3-6,11-12,14H,7-10H2,1-2H3,(H,22,23). The number of thiazole rings is 1. The molecule has 1 aliphatic heterocycles. The Morgan fingerprint density at radius 3 is 2.70 bits per heavy atom. The average Bonchev–Trinajstić information content (AvgIpc) is 3.31. The highest BCUT2D eigenvalue weighted by atomic mass is 32.1. The van der Waals surface area contributed by atoms with Crippen molar-refractivity contribution in [3.8, 4) is 5.75 Å². The molecule has 5 nitrogen and oxygen atoms in total. The van der Waals surface area contributed by atoms with Gasteiger partial charge in [-0.2, -0.15) is 0 Å². The van der Waals surface area contributed by atoms with Crippen molar-refractivity contribution in [1.82, 2.24) is 15.0 Å². The molecule has 1 fully saturated rings. The molecule has 1 saturated heterocycles. The van der Waals surface area contributed by atoms with Crippen LogP contribution in [-0.4, -0.2) is 35.2 Å². The Hall–Kier alpha value is -2.60. The fraction of sp³-hybridized carbons (Fsp3) is 0.333. The average molecular weight is 379 g/mol. The molecule has 4 aromatic rings. The van der Waals surface area contributed by atoms with Gasteiger partial charge in [0.15, 0.2) is 5.13 Å². The van der Waals surface area contributed by atoms with Gasteiger partial charge in [0.2, 0.25) is 0 Å². The molecule has 5 rings (SSSR count). The predicted molar refractivity (Wildman–Crippen MR) is 111 cm³/mol. The highest BCUT2D eigenvalue weighted by molar-refractivity contribution is 7.22. The second kappa shape index (κ2) is 6.53. The summed E-state index contributed by atoms with van der Waals surface area (Å²) < 4.78 is 6.51. The van der Waals surface area contributed by atoms with Gasteiger partial charge in [-0.1, -0.05) is 17.4 Å². The van der Waals surface area contributed by atoms with Crippen LogP contribution in [0.3, 0.4) is 0 Å². The molecule has 2 aromatic carbocycles. The molecule has 6 heteroatoms. The first-order valence-electron chi connectivity index (χ1n) is 9.35. The summed E-state index contributed by atoms with van der Waals surface area (Å²) in [5.41, 5.74) is 4.52. The minimum absolute atomic E-state index is 0.489. The molecular weight excluding hydrogens is 356 g/mol. The number of fused-ring (bicyclic) bond motifs is 2.